The van der Waals surface area contributed by atoms with Crippen molar-refractivity contribution in [3.63, 3.8) is 0 Å². The molecule has 1 atom stereocenters. The average Bonchev–Trinajstić information content (AvgIpc) is 2.55. The number of sulfonamides is 1. The Bertz CT molecular complexity index is 876. The third-order valence-electron chi connectivity index (χ3n) is 3.37. The highest BCUT2D eigenvalue weighted by Gasteiger charge is 2.20. The van der Waals surface area contributed by atoms with Crippen LogP contribution in [-0.4, -0.2) is 15.0 Å². The van der Waals surface area contributed by atoms with E-state index in [0.29, 0.717) is 12.4 Å². The average molecular weight is 365 g/mol. The summed E-state index contributed by atoms with van der Waals surface area (Å²) in [7, 11) is -3.78. The van der Waals surface area contributed by atoms with Gasteiger partial charge in [-0.2, -0.15) is 5.26 Å². The Balaban J connectivity index is 2.25. The van der Waals surface area contributed by atoms with E-state index >= 15 is 0 Å². The van der Waals surface area contributed by atoms with Gasteiger partial charge in [0.05, 0.1) is 22.1 Å². The number of nitriles is 1. The Labute approximate surface area is 146 Å². The monoisotopic (exact) mass is 364 g/mol. The van der Waals surface area contributed by atoms with E-state index in [1.54, 1.807) is 19.1 Å². The van der Waals surface area contributed by atoms with Crippen LogP contribution in [-0.2, 0) is 10.0 Å². The highest BCUT2D eigenvalue weighted by atomic mass is 35.5. The molecule has 2 aromatic carbocycles. The minimum Gasteiger partial charge on any atom is -0.494 e. The van der Waals surface area contributed by atoms with E-state index in [4.69, 9.17) is 21.6 Å². The van der Waals surface area contributed by atoms with Crippen LogP contribution in [0.3, 0.4) is 0 Å². The molecule has 0 saturated heterocycles. The number of halogens is 1. The molecule has 0 radical (unpaired) electrons. The van der Waals surface area contributed by atoms with Crippen molar-refractivity contribution in [2.75, 3.05) is 6.61 Å². The topological polar surface area (TPSA) is 79.2 Å². The summed E-state index contributed by atoms with van der Waals surface area (Å²) in [5.74, 6) is 0.680. The van der Waals surface area contributed by atoms with Crippen molar-refractivity contribution < 1.29 is 13.2 Å². The first kappa shape index (κ1) is 18.3. The maximum atomic E-state index is 12.5. The van der Waals surface area contributed by atoms with Crippen molar-refractivity contribution in [2.45, 2.75) is 24.8 Å². The van der Waals surface area contributed by atoms with Crippen molar-refractivity contribution >= 4 is 21.6 Å². The van der Waals surface area contributed by atoms with Crippen LogP contribution in [0.25, 0.3) is 0 Å². The smallest absolute Gasteiger partial charge is 0.241 e. The molecule has 0 aromatic heterocycles. The number of nitrogens with one attached hydrogen (secondary N) is 1. The summed E-state index contributed by atoms with van der Waals surface area (Å²) in [5.41, 5.74) is 0.893. The van der Waals surface area contributed by atoms with Gasteiger partial charge >= 0.3 is 0 Å². The molecule has 7 heteroatoms. The molecule has 0 spiro atoms. The van der Waals surface area contributed by atoms with E-state index in [1.807, 2.05) is 25.1 Å². The van der Waals surface area contributed by atoms with E-state index in [9.17, 15) is 8.42 Å². The largest absolute Gasteiger partial charge is 0.494 e. The Morgan fingerprint density at radius 3 is 2.71 bits per heavy atom. The van der Waals surface area contributed by atoms with Gasteiger partial charge < -0.3 is 4.74 Å². The maximum Gasteiger partial charge on any atom is 0.241 e. The van der Waals surface area contributed by atoms with Gasteiger partial charge in [-0.3, -0.25) is 0 Å². The molecular weight excluding hydrogens is 348 g/mol. The van der Waals surface area contributed by atoms with Crippen molar-refractivity contribution in [3.8, 4) is 11.8 Å². The predicted molar refractivity (Wildman–Crippen MR) is 92.5 cm³/mol. The number of rotatable bonds is 6. The van der Waals surface area contributed by atoms with Crippen molar-refractivity contribution in [3.05, 3.63) is 58.6 Å². The van der Waals surface area contributed by atoms with Gasteiger partial charge in [-0.15, -0.1) is 0 Å². The lowest BCUT2D eigenvalue weighted by atomic mass is 10.1. The molecule has 0 heterocycles. The normalized spacial score (nSPS) is 12.4. The lowest BCUT2D eigenvalue weighted by Crippen LogP contribution is -2.27. The number of nitrogens with zero attached hydrogens (tertiary/aromatic N) is 1. The molecule has 2 aromatic rings. The van der Waals surface area contributed by atoms with E-state index in [2.05, 4.69) is 4.72 Å². The second kappa shape index (κ2) is 7.67. The number of hydrogen-bond acceptors (Lipinski definition) is 4. The molecule has 0 amide bonds. The van der Waals surface area contributed by atoms with Crippen LogP contribution in [0.2, 0.25) is 5.02 Å². The first-order valence-electron chi connectivity index (χ1n) is 7.32. The molecule has 126 valence electrons. The molecular formula is C17H17ClN2O3S. The third-order valence-corrected chi connectivity index (χ3v) is 5.24. The van der Waals surface area contributed by atoms with Crippen LogP contribution in [0.15, 0.2) is 47.4 Å². The summed E-state index contributed by atoms with van der Waals surface area (Å²) >= 11 is 5.84. The lowest BCUT2D eigenvalue weighted by molar-refractivity contribution is 0.339. The van der Waals surface area contributed by atoms with Crippen LogP contribution in [0.5, 0.6) is 5.75 Å². The van der Waals surface area contributed by atoms with Gasteiger partial charge in [0.15, 0.2) is 0 Å². The molecule has 0 saturated carbocycles. The van der Waals surface area contributed by atoms with Crippen LogP contribution in [0, 0.1) is 11.3 Å². The van der Waals surface area contributed by atoms with E-state index in [1.165, 1.54) is 18.2 Å². The molecule has 0 aliphatic carbocycles. The van der Waals surface area contributed by atoms with Crippen LogP contribution in [0.4, 0.5) is 0 Å². The molecule has 1 unspecified atom stereocenters. The summed E-state index contributed by atoms with van der Waals surface area (Å²) in [6.07, 6.45) is 0. The number of benzene rings is 2. The fraction of sp³-hybridized carbons (Fsp3) is 0.235. The van der Waals surface area contributed by atoms with Gasteiger partial charge in [0.1, 0.15) is 11.8 Å². The van der Waals surface area contributed by atoms with Gasteiger partial charge in [0.25, 0.3) is 0 Å². The fourth-order valence-corrected chi connectivity index (χ4v) is 3.58. The summed E-state index contributed by atoms with van der Waals surface area (Å²) in [6, 6.07) is 12.7. The molecule has 2 rings (SSSR count). The van der Waals surface area contributed by atoms with Crippen molar-refractivity contribution in [2.24, 2.45) is 0 Å². The Morgan fingerprint density at radius 2 is 2.04 bits per heavy atom. The minimum atomic E-state index is -3.78. The Morgan fingerprint density at radius 1 is 1.29 bits per heavy atom. The van der Waals surface area contributed by atoms with Gasteiger partial charge in [-0.25, -0.2) is 13.1 Å². The second-order valence-corrected chi connectivity index (χ2v) is 7.22. The standard InChI is InChI=1S/C17H17ClN2O3S/c1-3-23-15-6-4-5-13(9-15)12(2)20-24(21,22)16-7-8-17(18)14(10-16)11-19/h4-10,12,20H,3H2,1-2H3. The zero-order valence-electron chi connectivity index (χ0n) is 13.3. The first-order chi connectivity index (χ1) is 11.4. The minimum absolute atomic E-state index is 0.00346. The third kappa shape index (κ3) is 4.26. The van der Waals surface area contributed by atoms with Gasteiger partial charge in [0.2, 0.25) is 10.0 Å². The van der Waals surface area contributed by atoms with Crippen LogP contribution in [0.1, 0.15) is 31.0 Å². The molecule has 0 bridgehead atoms. The molecule has 0 aliphatic rings. The maximum absolute atomic E-state index is 12.5. The van der Waals surface area contributed by atoms with Gasteiger partial charge in [-0.1, -0.05) is 23.7 Å². The fourth-order valence-electron chi connectivity index (χ4n) is 2.17. The zero-order valence-corrected chi connectivity index (χ0v) is 14.9. The summed E-state index contributed by atoms with van der Waals surface area (Å²) < 4.78 is 33.0. The Kier molecular flexibility index (Phi) is 5.84. The van der Waals surface area contributed by atoms with E-state index in [0.717, 1.165) is 5.56 Å². The summed E-state index contributed by atoms with van der Waals surface area (Å²) in [5, 5.41) is 9.20. The predicted octanol–water partition coefficient (Wildman–Crippen LogP) is 3.65. The Hall–Kier alpha value is -2.07. The van der Waals surface area contributed by atoms with Crippen molar-refractivity contribution in [1.29, 1.82) is 5.26 Å². The number of ether oxygens (including phenoxy) is 1. The van der Waals surface area contributed by atoms with Gasteiger partial charge in [0, 0.05) is 6.04 Å². The van der Waals surface area contributed by atoms with Gasteiger partial charge in [-0.05, 0) is 49.7 Å². The number of hydrogen-bond donors (Lipinski definition) is 1. The lowest BCUT2D eigenvalue weighted by Gasteiger charge is -2.16. The first-order valence-corrected chi connectivity index (χ1v) is 9.18. The molecule has 0 aliphatic heterocycles. The molecule has 0 fully saturated rings. The van der Waals surface area contributed by atoms with Crippen LogP contribution < -0.4 is 9.46 Å². The molecule has 5 nitrogen and oxygen atoms in total. The molecule has 1 N–H and O–H groups in total. The van der Waals surface area contributed by atoms with E-state index < -0.39 is 16.1 Å². The molecule has 24 heavy (non-hydrogen) atoms. The highest BCUT2D eigenvalue weighted by molar-refractivity contribution is 7.89. The summed E-state index contributed by atoms with van der Waals surface area (Å²) in [4.78, 5) is -0.00346. The van der Waals surface area contributed by atoms with E-state index in [-0.39, 0.29) is 15.5 Å². The second-order valence-electron chi connectivity index (χ2n) is 5.10. The zero-order chi connectivity index (χ0) is 17.7. The highest BCUT2D eigenvalue weighted by Crippen LogP contribution is 2.23. The SMILES string of the molecule is CCOc1cccc(C(C)NS(=O)(=O)c2ccc(Cl)c(C#N)c2)c1. The van der Waals surface area contributed by atoms with Crippen molar-refractivity contribution in [1.82, 2.24) is 4.72 Å². The summed E-state index contributed by atoms with van der Waals surface area (Å²) in [6.45, 7) is 4.15. The van der Waals surface area contributed by atoms with Crippen LogP contribution >= 0.6 is 11.6 Å². The quantitative estimate of drug-likeness (QED) is 0.848.